The van der Waals surface area contributed by atoms with Crippen molar-refractivity contribution in [3.05, 3.63) is 202 Å². The van der Waals surface area contributed by atoms with Crippen molar-refractivity contribution in [2.75, 3.05) is 13.2 Å². The Hall–Kier alpha value is -8.23. The molecule has 0 bridgehead atoms. The van der Waals surface area contributed by atoms with Crippen LogP contribution in [-0.2, 0) is 28.4 Å². The lowest BCUT2D eigenvalue weighted by molar-refractivity contribution is -0.277. The molecule has 2 fully saturated rings. The van der Waals surface area contributed by atoms with Gasteiger partial charge in [-0.2, -0.15) is 0 Å². The molecule has 2 aliphatic heterocycles. The minimum Gasteiger partial charge on any atom is -0.462 e. The normalized spacial score (nSPS) is 23.6. The van der Waals surface area contributed by atoms with Gasteiger partial charge in [-0.05, 0) is 84.9 Å². The highest BCUT2D eigenvalue weighted by Gasteiger charge is 2.54. The molecule has 18 nitrogen and oxygen atoms in total. The number of aliphatic hydroxyl groups excluding tert-OH is 4. The minimum atomic E-state index is -1.72. The monoisotopic (exact) mass is 994 g/mol. The zero-order valence-electron chi connectivity index (χ0n) is 38.4. The number of rotatable bonds is 15. The average molecular weight is 995 g/mol. The lowest BCUT2D eigenvalue weighted by atomic mass is 9.97. The van der Waals surface area contributed by atoms with Crippen molar-refractivity contribution in [2.24, 2.45) is 0 Å². The van der Waals surface area contributed by atoms with Crippen LogP contribution in [0.1, 0.15) is 41.4 Å². The van der Waals surface area contributed by atoms with E-state index in [4.69, 9.17) is 42.3 Å². The molecule has 10 atom stereocenters. The van der Waals surface area contributed by atoms with E-state index < -0.39 is 104 Å². The average Bonchev–Trinajstić information content (AvgIpc) is 3.42. The molecular formula is C55H46O18. The molecule has 7 aromatic rings. The fraction of sp³-hybridized carbons (Fsp3) is 0.218. The van der Waals surface area contributed by atoms with E-state index in [9.17, 15) is 44.4 Å². The van der Waals surface area contributed by atoms with E-state index in [1.165, 1.54) is 84.9 Å². The van der Waals surface area contributed by atoms with Gasteiger partial charge in [0.2, 0.25) is 18.7 Å². The van der Waals surface area contributed by atoms with E-state index in [1.807, 2.05) is 0 Å². The number of esters is 4. The summed E-state index contributed by atoms with van der Waals surface area (Å²) in [5.74, 6) is -3.17. The van der Waals surface area contributed by atoms with Crippen LogP contribution in [0.3, 0.4) is 0 Å². The molecule has 0 saturated carbocycles. The van der Waals surface area contributed by atoms with Crippen LogP contribution in [0.25, 0.3) is 22.3 Å². The summed E-state index contributed by atoms with van der Waals surface area (Å²) in [4.78, 5) is 69.0. The number of hydrogen-bond acceptors (Lipinski definition) is 18. The van der Waals surface area contributed by atoms with Crippen LogP contribution >= 0.6 is 0 Å². The molecule has 0 amide bonds. The molecule has 0 aliphatic carbocycles. The first kappa shape index (κ1) is 49.7. The number of carbonyl (C=O) groups is 4. The van der Waals surface area contributed by atoms with Crippen LogP contribution in [0.2, 0.25) is 0 Å². The van der Waals surface area contributed by atoms with Crippen LogP contribution in [0, 0.1) is 0 Å². The van der Waals surface area contributed by atoms with E-state index in [0.717, 1.165) is 0 Å². The Morgan fingerprint density at radius 3 is 1.51 bits per heavy atom. The quantitative estimate of drug-likeness (QED) is 0.0753. The lowest BCUT2D eigenvalue weighted by Crippen LogP contribution is -2.63. The Morgan fingerprint density at radius 1 is 0.479 bits per heavy atom. The summed E-state index contributed by atoms with van der Waals surface area (Å²) < 4.78 is 54.5. The summed E-state index contributed by atoms with van der Waals surface area (Å²) in [5.41, 5.74) is 0.494. The third-order valence-corrected chi connectivity index (χ3v) is 11.9. The molecule has 374 valence electrons. The summed E-state index contributed by atoms with van der Waals surface area (Å²) in [6.07, 6.45) is -15.7. The molecule has 1 aromatic heterocycles. The maximum Gasteiger partial charge on any atom is 0.338 e. The number of ether oxygens (including phenoxy) is 8. The number of hydrogen-bond donors (Lipinski definition) is 4. The fourth-order valence-electron chi connectivity index (χ4n) is 8.10. The Morgan fingerprint density at radius 2 is 0.959 bits per heavy atom. The largest absolute Gasteiger partial charge is 0.462 e. The summed E-state index contributed by atoms with van der Waals surface area (Å²) >= 11 is 0. The van der Waals surface area contributed by atoms with Crippen LogP contribution < -0.4 is 14.9 Å². The van der Waals surface area contributed by atoms with Gasteiger partial charge in [-0.25, -0.2) is 19.2 Å². The smallest absolute Gasteiger partial charge is 0.338 e. The Labute approximate surface area is 415 Å². The van der Waals surface area contributed by atoms with E-state index in [2.05, 4.69) is 0 Å². The Kier molecular flexibility index (Phi) is 15.3. The number of carbonyl (C=O) groups excluding carboxylic acids is 4. The Balaban J connectivity index is 1.07. The zero-order chi connectivity index (χ0) is 51.0. The van der Waals surface area contributed by atoms with Crippen LogP contribution in [-0.4, -0.2) is 119 Å². The van der Waals surface area contributed by atoms with Gasteiger partial charge in [0, 0.05) is 17.7 Å². The third-order valence-electron chi connectivity index (χ3n) is 11.9. The van der Waals surface area contributed by atoms with Gasteiger partial charge in [-0.15, -0.1) is 0 Å². The van der Waals surface area contributed by atoms with Crippen molar-refractivity contribution < 1.29 is 81.9 Å². The molecule has 73 heavy (non-hydrogen) atoms. The van der Waals surface area contributed by atoms with E-state index in [0.29, 0.717) is 5.56 Å². The molecule has 0 spiro atoms. The molecule has 2 saturated heterocycles. The van der Waals surface area contributed by atoms with Gasteiger partial charge in [0.1, 0.15) is 60.0 Å². The maximum atomic E-state index is 14.1. The second kappa shape index (κ2) is 22.5. The first-order chi connectivity index (χ1) is 35.4. The highest BCUT2D eigenvalue weighted by atomic mass is 16.7. The van der Waals surface area contributed by atoms with E-state index >= 15 is 0 Å². The summed E-state index contributed by atoms with van der Waals surface area (Å²) in [6.45, 7) is -1.24. The second-order valence-electron chi connectivity index (χ2n) is 16.8. The Bertz CT molecular complexity index is 3080. The first-order valence-electron chi connectivity index (χ1n) is 22.9. The molecule has 9 rings (SSSR count). The third kappa shape index (κ3) is 11.5. The predicted octanol–water partition coefficient (Wildman–Crippen LogP) is 5.28. The first-order valence-corrected chi connectivity index (χ1v) is 22.9. The molecule has 2 aliphatic rings. The second-order valence-corrected chi connectivity index (χ2v) is 16.8. The van der Waals surface area contributed by atoms with Gasteiger partial charge in [-0.3, -0.25) is 4.79 Å². The zero-order valence-corrected chi connectivity index (χ0v) is 38.4. The highest BCUT2D eigenvalue weighted by Crippen LogP contribution is 2.35. The fourth-order valence-corrected chi connectivity index (χ4v) is 8.10. The predicted molar refractivity (Wildman–Crippen MR) is 255 cm³/mol. The van der Waals surface area contributed by atoms with Crippen LogP contribution in [0.5, 0.6) is 11.5 Å². The molecule has 0 unspecified atom stereocenters. The standard InChI is InChI=1S/C55H46O18/c56-29-42-44(58)45(59)46(60)54(69-42)66-36-23-21-31(22-24-36)40-28-39(57)38-26-25-37(27-41(38)68-40)67-55-49(73-53(64)35-19-11-4-12-20-35)48(72-52(63)34-17-9-3-10-18-34)47(71-51(62)33-15-7-2-8-16-33)43(70-55)30-65-50(61)32-13-5-1-6-14-32/h1-28,42-49,54-56,58-60H,29-30H2/t42-,43-,44-,45+,46-,47-,48+,49-,54-,55-/m1/s1. The van der Waals surface area contributed by atoms with Gasteiger partial charge in [0.05, 0.1) is 34.2 Å². The molecule has 4 N–H and O–H groups in total. The van der Waals surface area contributed by atoms with E-state index in [1.54, 1.807) is 84.9 Å². The SMILES string of the molecule is O=C(OC[C@H]1O[C@@H](Oc2ccc3c(=O)cc(-c4ccc(O[C@@H]5O[C@H](CO)[C@@H](O)[C@H](O)[C@H]5O)cc4)oc3c2)[C@H](OC(=O)c2ccccc2)[C@@H](OC(=O)c2ccccc2)[C@@H]1OC(=O)c1ccccc1)c1ccccc1. The van der Waals surface area contributed by atoms with Crippen molar-refractivity contribution >= 4 is 34.8 Å². The van der Waals surface area contributed by atoms with E-state index in [-0.39, 0.29) is 50.5 Å². The topological polar surface area (TPSA) is 253 Å². The lowest BCUT2D eigenvalue weighted by Gasteiger charge is -2.44. The molecule has 0 radical (unpaired) electrons. The molecule has 18 heteroatoms. The van der Waals surface area contributed by atoms with Crippen LogP contribution in [0.15, 0.2) is 179 Å². The van der Waals surface area contributed by atoms with Crippen molar-refractivity contribution in [1.29, 1.82) is 0 Å². The highest BCUT2D eigenvalue weighted by molar-refractivity contribution is 5.92. The van der Waals surface area contributed by atoms with Crippen molar-refractivity contribution in [1.82, 2.24) is 0 Å². The summed E-state index contributed by atoms with van der Waals surface area (Å²) in [7, 11) is 0. The summed E-state index contributed by atoms with van der Waals surface area (Å²) in [6, 6.07) is 43.4. The molecule has 6 aromatic carbocycles. The van der Waals surface area contributed by atoms with Gasteiger partial charge in [0.25, 0.3) is 0 Å². The number of fused-ring (bicyclic) bond motifs is 1. The van der Waals surface area contributed by atoms with Gasteiger partial charge in [-0.1, -0.05) is 72.8 Å². The van der Waals surface area contributed by atoms with Crippen LogP contribution in [0.4, 0.5) is 0 Å². The molecular weight excluding hydrogens is 949 g/mol. The minimum absolute atomic E-state index is 0.00488. The van der Waals surface area contributed by atoms with Crippen molar-refractivity contribution in [3.63, 3.8) is 0 Å². The van der Waals surface area contributed by atoms with Crippen molar-refractivity contribution in [3.8, 4) is 22.8 Å². The summed E-state index contributed by atoms with van der Waals surface area (Å²) in [5, 5.41) is 40.5. The van der Waals surface area contributed by atoms with Gasteiger partial charge in [0.15, 0.2) is 17.6 Å². The maximum absolute atomic E-state index is 14.1. The number of aliphatic hydroxyl groups is 4. The van der Waals surface area contributed by atoms with Crippen molar-refractivity contribution in [2.45, 2.75) is 61.4 Å². The number of benzene rings is 6. The molecule has 3 heterocycles. The van der Waals surface area contributed by atoms with Gasteiger partial charge < -0.3 is 62.7 Å². The van der Waals surface area contributed by atoms with Gasteiger partial charge >= 0.3 is 23.9 Å².